The fraction of sp³-hybridized carbons (Fsp3) is 0.222. The molecule has 174 valence electrons. The first kappa shape index (κ1) is 22.3. The van der Waals surface area contributed by atoms with Crippen molar-refractivity contribution in [3.05, 3.63) is 89.6 Å². The Morgan fingerprint density at radius 2 is 1.68 bits per heavy atom. The molecule has 1 aliphatic heterocycles. The van der Waals surface area contributed by atoms with Gasteiger partial charge in [0.25, 0.3) is 0 Å². The van der Waals surface area contributed by atoms with Gasteiger partial charge in [-0.2, -0.15) is 0 Å². The molecule has 5 nitrogen and oxygen atoms in total. The third-order valence-electron chi connectivity index (χ3n) is 6.22. The van der Waals surface area contributed by atoms with Crippen molar-refractivity contribution in [2.45, 2.75) is 13.0 Å². The first-order valence-corrected chi connectivity index (χ1v) is 11.3. The lowest BCUT2D eigenvalue weighted by Gasteiger charge is -2.36. The Bertz CT molecular complexity index is 1330. The number of ether oxygens (including phenoxy) is 1. The van der Waals surface area contributed by atoms with E-state index in [2.05, 4.69) is 15.2 Å². The Kier molecular flexibility index (Phi) is 6.13. The van der Waals surface area contributed by atoms with E-state index in [-0.39, 0.29) is 17.7 Å². The molecule has 34 heavy (non-hydrogen) atoms. The molecule has 5 rings (SSSR count). The summed E-state index contributed by atoms with van der Waals surface area (Å²) in [4.78, 5) is 16.8. The van der Waals surface area contributed by atoms with Crippen LogP contribution >= 0.6 is 0 Å². The van der Waals surface area contributed by atoms with Gasteiger partial charge in [-0.05, 0) is 53.1 Å². The standard InChI is InChI=1S/C27H25F2N3O2/c1-17(33)34-26-16-31-25-9-5-20(15-23(25)26)19-4-8-24(29)22(14-19)27(32-12-10-30-11-13-32)18-2-6-21(28)7-3-18/h2-9,14-16,27,30-31H,10-13H2,1H3. The van der Waals surface area contributed by atoms with E-state index in [9.17, 15) is 9.18 Å². The van der Waals surface area contributed by atoms with E-state index in [1.807, 2.05) is 24.3 Å². The van der Waals surface area contributed by atoms with E-state index >= 15 is 4.39 Å². The fourth-order valence-electron chi connectivity index (χ4n) is 4.62. The minimum Gasteiger partial charge on any atom is -0.424 e. The smallest absolute Gasteiger partial charge is 0.308 e. The minimum atomic E-state index is -0.395. The second-order valence-electron chi connectivity index (χ2n) is 8.48. The number of rotatable bonds is 5. The summed E-state index contributed by atoms with van der Waals surface area (Å²) in [6.45, 7) is 4.49. The number of carbonyl (C=O) groups excluding carboxylic acids is 1. The molecule has 1 atom stereocenters. The average Bonchev–Trinajstić information content (AvgIpc) is 3.23. The van der Waals surface area contributed by atoms with Gasteiger partial charge >= 0.3 is 5.97 Å². The number of H-pyrrole nitrogens is 1. The van der Waals surface area contributed by atoms with Crippen LogP contribution in [0.5, 0.6) is 5.75 Å². The zero-order chi connectivity index (χ0) is 23.7. The predicted molar refractivity (Wildman–Crippen MR) is 128 cm³/mol. The zero-order valence-corrected chi connectivity index (χ0v) is 18.8. The highest BCUT2D eigenvalue weighted by Gasteiger charge is 2.27. The molecule has 2 N–H and O–H groups in total. The van der Waals surface area contributed by atoms with Crippen molar-refractivity contribution in [3.63, 3.8) is 0 Å². The highest BCUT2D eigenvalue weighted by atomic mass is 19.1. The summed E-state index contributed by atoms with van der Waals surface area (Å²) in [5, 5.41) is 4.11. The van der Waals surface area contributed by atoms with E-state index in [4.69, 9.17) is 4.74 Å². The van der Waals surface area contributed by atoms with Gasteiger partial charge in [0, 0.05) is 55.8 Å². The van der Waals surface area contributed by atoms with Crippen LogP contribution in [-0.4, -0.2) is 42.0 Å². The van der Waals surface area contributed by atoms with Gasteiger partial charge in [0.15, 0.2) is 5.75 Å². The Balaban J connectivity index is 1.59. The van der Waals surface area contributed by atoms with Gasteiger partial charge in [-0.25, -0.2) is 8.78 Å². The molecule has 3 aromatic carbocycles. The summed E-state index contributed by atoms with van der Waals surface area (Å²) in [6.07, 6.45) is 1.65. The molecule has 0 spiro atoms. The van der Waals surface area contributed by atoms with Crippen LogP contribution in [0.15, 0.2) is 66.9 Å². The number of hydrogen-bond acceptors (Lipinski definition) is 4. The van der Waals surface area contributed by atoms with Gasteiger partial charge in [-0.1, -0.05) is 24.3 Å². The van der Waals surface area contributed by atoms with E-state index < -0.39 is 5.97 Å². The number of nitrogens with zero attached hydrogens (tertiary/aromatic N) is 1. The van der Waals surface area contributed by atoms with Crippen molar-refractivity contribution in [2.24, 2.45) is 0 Å². The maximum atomic E-state index is 15.3. The van der Waals surface area contributed by atoms with Crippen LogP contribution < -0.4 is 10.1 Å². The molecule has 1 aromatic heterocycles. The SMILES string of the molecule is CC(=O)Oc1c[nH]c2ccc(-c3ccc(F)c(C(c4ccc(F)cc4)N4CCNCC4)c3)cc12. The number of esters is 1. The number of halogens is 2. The monoisotopic (exact) mass is 461 g/mol. The molecule has 0 radical (unpaired) electrons. The number of benzene rings is 3. The first-order chi connectivity index (χ1) is 16.5. The van der Waals surface area contributed by atoms with Crippen LogP contribution in [0.1, 0.15) is 24.1 Å². The number of fused-ring (bicyclic) bond motifs is 1. The maximum Gasteiger partial charge on any atom is 0.308 e. The lowest BCUT2D eigenvalue weighted by molar-refractivity contribution is -0.131. The van der Waals surface area contributed by atoms with Crippen LogP contribution in [0.4, 0.5) is 8.78 Å². The van der Waals surface area contributed by atoms with Crippen LogP contribution in [0.3, 0.4) is 0 Å². The van der Waals surface area contributed by atoms with E-state index in [1.54, 1.807) is 24.4 Å². The molecule has 2 heterocycles. The van der Waals surface area contributed by atoms with E-state index in [0.717, 1.165) is 53.8 Å². The van der Waals surface area contributed by atoms with Crippen molar-refractivity contribution < 1.29 is 18.3 Å². The summed E-state index contributed by atoms with van der Waals surface area (Å²) in [5.41, 5.74) is 3.95. The molecule has 0 bridgehead atoms. The number of carbonyl (C=O) groups is 1. The molecule has 1 fully saturated rings. The molecule has 0 saturated carbocycles. The molecule has 1 saturated heterocycles. The van der Waals surface area contributed by atoms with Gasteiger partial charge in [-0.15, -0.1) is 0 Å². The quantitative estimate of drug-likeness (QED) is 0.409. The second-order valence-corrected chi connectivity index (χ2v) is 8.48. The minimum absolute atomic E-state index is 0.306. The molecule has 0 amide bonds. The highest BCUT2D eigenvalue weighted by molar-refractivity contribution is 5.92. The number of hydrogen-bond donors (Lipinski definition) is 2. The average molecular weight is 462 g/mol. The largest absolute Gasteiger partial charge is 0.424 e. The molecule has 7 heteroatoms. The van der Waals surface area contributed by atoms with E-state index in [1.165, 1.54) is 25.1 Å². The molecular formula is C27H25F2N3O2. The Hall–Kier alpha value is -3.55. The Labute approximate surface area is 196 Å². The summed E-state index contributed by atoms with van der Waals surface area (Å²) in [5.74, 6) is -0.564. The second kappa shape index (κ2) is 9.37. The topological polar surface area (TPSA) is 57.4 Å². The van der Waals surface area contributed by atoms with Crippen molar-refractivity contribution in [1.29, 1.82) is 0 Å². The van der Waals surface area contributed by atoms with Crippen molar-refractivity contribution in [1.82, 2.24) is 15.2 Å². The van der Waals surface area contributed by atoms with Gasteiger partial charge in [-0.3, -0.25) is 9.69 Å². The third kappa shape index (κ3) is 4.44. The number of nitrogens with one attached hydrogen (secondary N) is 2. The third-order valence-corrected chi connectivity index (χ3v) is 6.22. The van der Waals surface area contributed by atoms with Gasteiger partial charge in [0.05, 0.1) is 6.04 Å². The maximum absolute atomic E-state index is 15.3. The summed E-state index contributed by atoms with van der Waals surface area (Å²) in [6, 6.07) is 16.8. The highest BCUT2D eigenvalue weighted by Crippen LogP contribution is 2.35. The van der Waals surface area contributed by atoms with Crippen LogP contribution in [0.2, 0.25) is 0 Å². The van der Waals surface area contributed by atoms with Crippen LogP contribution in [-0.2, 0) is 4.79 Å². The number of piperazine rings is 1. The van der Waals surface area contributed by atoms with Gasteiger partial charge < -0.3 is 15.0 Å². The summed E-state index contributed by atoms with van der Waals surface area (Å²) in [7, 11) is 0. The van der Waals surface area contributed by atoms with Crippen molar-refractivity contribution in [2.75, 3.05) is 26.2 Å². The Morgan fingerprint density at radius 3 is 2.41 bits per heavy atom. The molecule has 1 unspecified atom stereocenters. The van der Waals surface area contributed by atoms with Gasteiger partial charge in [0.1, 0.15) is 11.6 Å². The fourth-order valence-corrected chi connectivity index (χ4v) is 4.62. The summed E-state index contributed by atoms with van der Waals surface area (Å²) < 4.78 is 34.2. The molecule has 1 aliphatic rings. The van der Waals surface area contributed by atoms with Crippen LogP contribution in [0.25, 0.3) is 22.0 Å². The van der Waals surface area contributed by atoms with Crippen LogP contribution in [0, 0.1) is 11.6 Å². The first-order valence-electron chi connectivity index (χ1n) is 11.3. The molecule has 0 aliphatic carbocycles. The van der Waals surface area contributed by atoms with Gasteiger partial charge in [0.2, 0.25) is 0 Å². The lowest BCUT2D eigenvalue weighted by atomic mass is 9.92. The van der Waals surface area contributed by atoms with E-state index in [0.29, 0.717) is 11.3 Å². The Morgan fingerprint density at radius 1 is 0.971 bits per heavy atom. The van der Waals surface area contributed by atoms with Crippen molar-refractivity contribution in [3.8, 4) is 16.9 Å². The number of aromatic amines is 1. The summed E-state index contributed by atoms with van der Waals surface area (Å²) >= 11 is 0. The molecular weight excluding hydrogens is 436 g/mol. The van der Waals surface area contributed by atoms with Crippen molar-refractivity contribution >= 4 is 16.9 Å². The predicted octanol–water partition coefficient (Wildman–Crippen LogP) is 5.03. The number of aromatic nitrogens is 1. The lowest BCUT2D eigenvalue weighted by Crippen LogP contribution is -2.45. The zero-order valence-electron chi connectivity index (χ0n) is 18.8. The molecule has 4 aromatic rings. The normalized spacial score (nSPS) is 15.4.